The highest BCUT2D eigenvalue weighted by Gasteiger charge is 1.55. The van der Waals surface area contributed by atoms with E-state index in [-0.39, 0.29) is 14.9 Å². The Morgan fingerprint density at radius 3 is 1.43 bits per heavy atom. The van der Waals surface area contributed by atoms with Crippen molar-refractivity contribution in [1.82, 2.24) is 4.98 Å². The largest absolute Gasteiger partial charge is 0.368 e. The smallest absolute Gasteiger partial charge is 0.000496 e. The standard InChI is InChI=1S/C4H5N.2C/c1-2-4-5-3-1;;/h1-5H;;. The van der Waals surface area contributed by atoms with E-state index >= 15 is 0 Å². The molecule has 0 atom stereocenters. The van der Waals surface area contributed by atoms with Crippen molar-refractivity contribution in [3.63, 3.8) is 0 Å². The van der Waals surface area contributed by atoms with E-state index < -0.39 is 0 Å². The maximum Gasteiger partial charge on any atom is 0.000496 e. The molecule has 1 N–H and O–H groups in total. The Hall–Kier alpha value is -0.720. The minimum Gasteiger partial charge on any atom is -0.368 e. The summed E-state index contributed by atoms with van der Waals surface area (Å²) in [5, 5.41) is 0. The predicted molar refractivity (Wildman–Crippen MR) is 27.3 cm³/mol. The summed E-state index contributed by atoms with van der Waals surface area (Å²) in [6, 6.07) is 3.89. The van der Waals surface area contributed by atoms with Crippen LogP contribution in [-0.2, 0) is 0 Å². The summed E-state index contributed by atoms with van der Waals surface area (Å²) in [6.45, 7) is 0. The number of nitrogens with one attached hydrogen (secondary N) is 1. The van der Waals surface area contributed by atoms with Gasteiger partial charge in [0.25, 0.3) is 0 Å². The first-order valence-electron chi connectivity index (χ1n) is 1.58. The zero-order valence-electron chi connectivity index (χ0n) is 3.81. The summed E-state index contributed by atoms with van der Waals surface area (Å²) in [7, 11) is 0. The molecule has 0 saturated heterocycles. The van der Waals surface area contributed by atoms with Crippen LogP contribution in [0.5, 0.6) is 0 Å². The molecule has 0 aromatic carbocycles. The molecule has 0 unspecified atom stereocenters. The maximum atomic E-state index is 2.86. The number of aromatic nitrogens is 1. The Balaban J connectivity index is 0. The van der Waals surface area contributed by atoms with E-state index in [1.54, 1.807) is 0 Å². The molecule has 0 aliphatic heterocycles. The summed E-state index contributed by atoms with van der Waals surface area (Å²) in [6.07, 6.45) is 3.75. The number of hydrogen-bond acceptors (Lipinski definition) is 0. The second-order valence-corrected chi connectivity index (χ2v) is 0.885. The molecule has 0 spiro atoms. The van der Waals surface area contributed by atoms with E-state index in [2.05, 4.69) is 4.98 Å². The van der Waals surface area contributed by atoms with Gasteiger partial charge in [-0.15, -0.1) is 0 Å². The average Bonchev–Trinajstić information content (AvgIpc) is 1.76. The lowest BCUT2D eigenvalue weighted by Gasteiger charge is -1.49. The molecule has 1 aromatic rings. The molecule has 0 amide bonds. The van der Waals surface area contributed by atoms with E-state index in [0.717, 1.165) is 0 Å². The highest BCUT2D eigenvalue weighted by Crippen LogP contribution is 1.72. The van der Waals surface area contributed by atoms with Gasteiger partial charge in [-0.2, -0.15) is 0 Å². The molecule has 8 radical (unpaired) electrons. The van der Waals surface area contributed by atoms with Crippen molar-refractivity contribution < 1.29 is 0 Å². The fraction of sp³-hybridized carbons (Fsp3) is 0. The average molecular weight is 91.1 g/mol. The molecule has 1 aromatic heterocycles. The lowest BCUT2D eigenvalue weighted by atomic mass is 10.7. The summed E-state index contributed by atoms with van der Waals surface area (Å²) in [4.78, 5) is 2.86. The monoisotopic (exact) mass is 91.0 g/mol. The molecule has 0 bridgehead atoms. The van der Waals surface area contributed by atoms with Crippen molar-refractivity contribution in [3.8, 4) is 0 Å². The van der Waals surface area contributed by atoms with Crippen LogP contribution in [0.1, 0.15) is 0 Å². The van der Waals surface area contributed by atoms with Crippen LogP contribution in [-0.4, -0.2) is 4.98 Å². The molecule has 34 valence electrons. The Bertz CT molecular complexity index is 60.7. The summed E-state index contributed by atoms with van der Waals surface area (Å²) in [5.74, 6) is 0. The first-order chi connectivity index (χ1) is 2.50. The summed E-state index contributed by atoms with van der Waals surface area (Å²) < 4.78 is 0. The summed E-state index contributed by atoms with van der Waals surface area (Å²) >= 11 is 0. The van der Waals surface area contributed by atoms with E-state index in [1.807, 2.05) is 24.5 Å². The molecule has 0 fully saturated rings. The normalized spacial score (nSPS) is 5.71. The quantitative estimate of drug-likeness (QED) is 0.493. The van der Waals surface area contributed by atoms with Gasteiger partial charge in [-0.3, -0.25) is 0 Å². The Morgan fingerprint density at radius 2 is 1.29 bits per heavy atom. The van der Waals surface area contributed by atoms with Crippen molar-refractivity contribution in [3.05, 3.63) is 39.4 Å². The number of rotatable bonds is 0. The highest BCUT2D eigenvalue weighted by atomic mass is 14.6. The van der Waals surface area contributed by atoms with Gasteiger partial charge in [0.1, 0.15) is 0 Å². The maximum absolute atomic E-state index is 2.86. The van der Waals surface area contributed by atoms with Crippen molar-refractivity contribution in [2.75, 3.05) is 0 Å². The topological polar surface area (TPSA) is 15.8 Å². The van der Waals surface area contributed by atoms with Crippen LogP contribution in [0.25, 0.3) is 0 Å². The second-order valence-electron chi connectivity index (χ2n) is 0.885. The molecule has 1 nitrogen and oxygen atoms in total. The SMILES string of the molecule is [C].[C].c1cc[nH]c1. The third kappa shape index (κ3) is 3.10. The Labute approximate surface area is 45.4 Å². The molecular formula is C6H5N. The van der Waals surface area contributed by atoms with Crippen molar-refractivity contribution in [1.29, 1.82) is 0 Å². The van der Waals surface area contributed by atoms with Gasteiger partial charge in [-0.25, -0.2) is 0 Å². The zero-order chi connectivity index (χ0) is 3.54. The van der Waals surface area contributed by atoms with Gasteiger partial charge in [0, 0.05) is 27.2 Å². The minimum absolute atomic E-state index is 0. The molecule has 7 heavy (non-hydrogen) atoms. The van der Waals surface area contributed by atoms with Gasteiger partial charge in [-0.1, -0.05) is 0 Å². The van der Waals surface area contributed by atoms with Crippen LogP contribution < -0.4 is 0 Å². The molecule has 1 heteroatoms. The number of hydrogen-bond donors (Lipinski definition) is 1. The third-order valence-electron chi connectivity index (χ3n) is 0.496. The van der Waals surface area contributed by atoms with Crippen molar-refractivity contribution in [2.45, 2.75) is 0 Å². The highest BCUT2D eigenvalue weighted by molar-refractivity contribution is 4.84. The number of H-pyrrole nitrogens is 1. The van der Waals surface area contributed by atoms with Crippen LogP contribution >= 0.6 is 0 Å². The molecule has 0 aliphatic rings. The van der Waals surface area contributed by atoms with Crippen LogP contribution in [0.15, 0.2) is 24.5 Å². The van der Waals surface area contributed by atoms with Crippen LogP contribution in [0.2, 0.25) is 0 Å². The Morgan fingerprint density at radius 1 is 0.857 bits per heavy atom. The first-order valence-corrected chi connectivity index (χ1v) is 1.58. The predicted octanol–water partition coefficient (Wildman–Crippen LogP) is 1.18. The molecule has 1 rings (SSSR count). The van der Waals surface area contributed by atoms with Crippen LogP contribution in [0, 0.1) is 14.9 Å². The second kappa shape index (κ2) is 5.28. The van der Waals surface area contributed by atoms with Crippen LogP contribution in [0.3, 0.4) is 0 Å². The lowest BCUT2D eigenvalue weighted by Crippen LogP contribution is -1.38. The third-order valence-corrected chi connectivity index (χ3v) is 0.496. The fourth-order valence-electron chi connectivity index (χ4n) is 0.278. The van der Waals surface area contributed by atoms with Crippen LogP contribution in [0.4, 0.5) is 0 Å². The molecular weight excluding hydrogens is 86.1 g/mol. The lowest BCUT2D eigenvalue weighted by molar-refractivity contribution is 1.42. The van der Waals surface area contributed by atoms with E-state index in [4.69, 9.17) is 0 Å². The van der Waals surface area contributed by atoms with Gasteiger partial charge in [0.15, 0.2) is 0 Å². The van der Waals surface area contributed by atoms with Crippen molar-refractivity contribution in [2.24, 2.45) is 0 Å². The summed E-state index contributed by atoms with van der Waals surface area (Å²) in [5.41, 5.74) is 0. The Kier molecular flexibility index (Phi) is 7.21. The van der Waals surface area contributed by atoms with Gasteiger partial charge >= 0.3 is 0 Å². The first kappa shape index (κ1) is 9.56. The van der Waals surface area contributed by atoms with Gasteiger partial charge in [0.05, 0.1) is 0 Å². The van der Waals surface area contributed by atoms with Gasteiger partial charge < -0.3 is 4.98 Å². The molecule has 0 saturated carbocycles. The van der Waals surface area contributed by atoms with E-state index in [1.165, 1.54) is 0 Å². The van der Waals surface area contributed by atoms with Crippen molar-refractivity contribution >= 4 is 0 Å². The zero-order valence-corrected chi connectivity index (χ0v) is 3.81. The fourth-order valence-corrected chi connectivity index (χ4v) is 0.278. The van der Waals surface area contributed by atoms with E-state index in [9.17, 15) is 0 Å². The minimum atomic E-state index is 0. The molecule has 1 heterocycles. The molecule has 0 aliphatic carbocycles. The van der Waals surface area contributed by atoms with Gasteiger partial charge in [0.2, 0.25) is 0 Å². The van der Waals surface area contributed by atoms with E-state index in [0.29, 0.717) is 0 Å². The van der Waals surface area contributed by atoms with Gasteiger partial charge in [-0.05, 0) is 12.1 Å². The number of aromatic amines is 1.